The zero-order chi connectivity index (χ0) is 10.8. The molecule has 0 unspecified atom stereocenters. The van der Waals surface area contributed by atoms with Crippen molar-refractivity contribution in [3.8, 4) is 11.4 Å². The number of aromatic nitrogens is 3. The highest BCUT2D eigenvalue weighted by Crippen LogP contribution is 2.22. The van der Waals surface area contributed by atoms with Crippen molar-refractivity contribution in [3.63, 3.8) is 0 Å². The number of aryl methyl sites for hydroxylation is 1. The normalized spacial score (nSPS) is 10.3. The number of methoxy groups -OCH3 is 1. The van der Waals surface area contributed by atoms with E-state index >= 15 is 0 Å². The van der Waals surface area contributed by atoms with Crippen molar-refractivity contribution in [1.29, 1.82) is 0 Å². The summed E-state index contributed by atoms with van der Waals surface area (Å²) in [7, 11) is 1.64. The molecular weight excluding hydrogens is 214 g/mol. The number of ether oxygens (including phenoxy) is 1. The summed E-state index contributed by atoms with van der Waals surface area (Å²) in [5.74, 6) is 0.820. The van der Waals surface area contributed by atoms with Crippen molar-refractivity contribution in [2.45, 2.75) is 6.92 Å². The van der Waals surface area contributed by atoms with E-state index in [1.807, 2.05) is 25.1 Å². The molecule has 0 atom stereocenters. The highest BCUT2D eigenvalue weighted by atomic mass is 35.5. The maximum Gasteiger partial charge on any atom is 0.229 e. The summed E-state index contributed by atoms with van der Waals surface area (Å²) in [5.41, 5.74) is 2.00. The topological polar surface area (TPSA) is 39.9 Å². The van der Waals surface area contributed by atoms with Gasteiger partial charge >= 0.3 is 0 Å². The van der Waals surface area contributed by atoms with Crippen molar-refractivity contribution >= 4 is 11.6 Å². The van der Waals surface area contributed by atoms with Gasteiger partial charge in [0.2, 0.25) is 5.28 Å². The standard InChI is InChI=1S/C10H10ClN3O/c1-7-5-8(15-2)3-4-9(7)14-6-12-13-10(14)11/h3-6H,1-2H3. The fourth-order valence-electron chi connectivity index (χ4n) is 1.41. The van der Waals surface area contributed by atoms with Crippen LogP contribution in [0.5, 0.6) is 5.75 Å². The lowest BCUT2D eigenvalue weighted by atomic mass is 10.2. The average Bonchev–Trinajstić information content (AvgIpc) is 2.64. The molecule has 0 N–H and O–H groups in total. The maximum absolute atomic E-state index is 5.88. The third-order valence-corrected chi connectivity index (χ3v) is 2.43. The van der Waals surface area contributed by atoms with Crippen molar-refractivity contribution in [1.82, 2.24) is 14.8 Å². The van der Waals surface area contributed by atoms with Gasteiger partial charge in [0.15, 0.2) is 0 Å². The third kappa shape index (κ3) is 1.80. The highest BCUT2D eigenvalue weighted by molar-refractivity contribution is 6.28. The van der Waals surface area contributed by atoms with Gasteiger partial charge in [-0.2, -0.15) is 0 Å². The smallest absolute Gasteiger partial charge is 0.229 e. The summed E-state index contributed by atoms with van der Waals surface area (Å²) in [4.78, 5) is 0. The minimum atomic E-state index is 0.350. The van der Waals surface area contributed by atoms with Gasteiger partial charge in [-0.05, 0) is 42.3 Å². The Kier molecular flexibility index (Phi) is 2.60. The van der Waals surface area contributed by atoms with E-state index in [2.05, 4.69) is 10.2 Å². The van der Waals surface area contributed by atoms with Gasteiger partial charge in [0.05, 0.1) is 12.8 Å². The second kappa shape index (κ2) is 3.90. The first kappa shape index (κ1) is 9.98. The third-order valence-electron chi connectivity index (χ3n) is 2.17. The predicted octanol–water partition coefficient (Wildman–Crippen LogP) is 2.24. The first-order valence-electron chi connectivity index (χ1n) is 4.43. The van der Waals surface area contributed by atoms with Crippen LogP contribution >= 0.6 is 11.6 Å². The lowest BCUT2D eigenvalue weighted by molar-refractivity contribution is 0.414. The van der Waals surface area contributed by atoms with Crippen LogP contribution in [0.25, 0.3) is 5.69 Å². The zero-order valence-corrected chi connectivity index (χ0v) is 9.19. The van der Waals surface area contributed by atoms with Crippen LogP contribution in [0.4, 0.5) is 0 Å². The summed E-state index contributed by atoms with van der Waals surface area (Å²) >= 11 is 5.88. The summed E-state index contributed by atoms with van der Waals surface area (Å²) in [6, 6.07) is 5.73. The van der Waals surface area contributed by atoms with E-state index in [1.54, 1.807) is 18.0 Å². The molecule has 15 heavy (non-hydrogen) atoms. The number of halogens is 1. The molecule has 78 valence electrons. The summed E-state index contributed by atoms with van der Waals surface area (Å²) in [5, 5.41) is 7.81. The van der Waals surface area contributed by atoms with Gasteiger partial charge < -0.3 is 4.74 Å². The van der Waals surface area contributed by atoms with Crippen molar-refractivity contribution < 1.29 is 4.74 Å². The SMILES string of the molecule is COc1ccc(-n2cnnc2Cl)c(C)c1. The molecule has 5 heteroatoms. The Balaban J connectivity index is 2.50. The lowest BCUT2D eigenvalue weighted by Crippen LogP contribution is -1.96. The number of hydrogen-bond acceptors (Lipinski definition) is 3. The molecule has 0 saturated carbocycles. The molecule has 1 heterocycles. The van der Waals surface area contributed by atoms with Crippen LogP contribution in [0.1, 0.15) is 5.56 Å². The van der Waals surface area contributed by atoms with Gasteiger partial charge in [-0.25, -0.2) is 0 Å². The van der Waals surface area contributed by atoms with Crippen LogP contribution in [0.15, 0.2) is 24.5 Å². The number of rotatable bonds is 2. The van der Waals surface area contributed by atoms with Gasteiger partial charge in [0, 0.05) is 0 Å². The first-order chi connectivity index (χ1) is 7.22. The molecule has 0 bridgehead atoms. The van der Waals surface area contributed by atoms with E-state index in [-0.39, 0.29) is 0 Å². The summed E-state index contributed by atoms with van der Waals surface area (Å²) in [6.45, 7) is 1.98. The molecule has 4 nitrogen and oxygen atoms in total. The van der Waals surface area contributed by atoms with Crippen LogP contribution in [0.3, 0.4) is 0 Å². The van der Waals surface area contributed by atoms with Gasteiger partial charge in [0.1, 0.15) is 12.1 Å². The van der Waals surface area contributed by atoms with Gasteiger partial charge in [0.25, 0.3) is 0 Å². The minimum absolute atomic E-state index is 0.350. The van der Waals surface area contributed by atoms with Crippen molar-refractivity contribution in [2.24, 2.45) is 0 Å². The molecule has 2 rings (SSSR count). The molecule has 1 aromatic carbocycles. The lowest BCUT2D eigenvalue weighted by Gasteiger charge is -2.08. The first-order valence-corrected chi connectivity index (χ1v) is 4.80. The van der Waals surface area contributed by atoms with E-state index in [4.69, 9.17) is 16.3 Å². The van der Waals surface area contributed by atoms with Crippen molar-refractivity contribution in [3.05, 3.63) is 35.4 Å². The molecule has 0 aliphatic carbocycles. The van der Waals surface area contributed by atoms with Crippen LogP contribution in [-0.2, 0) is 0 Å². The fraction of sp³-hybridized carbons (Fsp3) is 0.200. The van der Waals surface area contributed by atoms with E-state index < -0.39 is 0 Å². The molecule has 0 spiro atoms. The Morgan fingerprint density at radius 2 is 2.20 bits per heavy atom. The molecule has 2 aromatic rings. The second-order valence-electron chi connectivity index (χ2n) is 3.12. The van der Waals surface area contributed by atoms with E-state index in [0.717, 1.165) is 17.0 Å². The molecule has 0 aliphatic rings. The Morgan fingerprint density at radius 1 is 1.40 bits per heavy atom. The fourth-order valence-corrected chi connectivity index (χ4v) is 1.59. The van der Waals surface area contributed by atoms with Crippen LogP contribution < -0.4 is 4.74 Å². The van der Waals surface area contributed by atoms with E-state index in [9.17, 15) is 0 Å². The number of hydrogen-bond donors (Lipinski definition) is 0. The highest BCUT2D eigenvalue weighted by Gasteiger charge is 2.06. The Hall–Kier alpha value is -1.55. The Bertz CT molecular complexity index is 481. The summed E-state index contributed by atoms with van der Waals surface area (Å²) in [6.07, 6.45) is 1.58. The monoisotopic (exact) mass is 223 g/mol. The second-order valence-corrected chi connectivity index (χ2v) is 3.46. The van der Waals surface area contributed by atoms with Crippen LogP contribution in [-0.4, -0.2) is 21.9 Å². The zero-order valence-electron chi connectivity index (χ0n) is 8.44. The number of nitrogens with zero attached hydrogens (tertiary/aromatic N) is 3. The van der Waals surface area contributed by atoms with Gasteiger partial charge in [-0.3, -0.25) is 4.57 Å². The minimum Gasteiger partial charge on any atom is -0.497 e. The Labute approximate surface area is 92.5 Å². The van der Waals surface area contributed by atoms with Crippen LogP contribution in [0.2, 0.25) is 5.28 Å². The molecule has 0 saturated heterocycles. The maximum atomic E-state index is 5.88. The number of benzene rings is 1. The van der Waals surface area contributed by atoms with E-state index in [0.29, 0.717) is 5.28 Å². The predicted molar refractivity (Wildman–Crippen MR) is 57.7 cm³/mol. The van der Waals surface area contributed by atoms with Crippen LogP contribution in [0, 0.1) is 6.92 Å². The van der Waals surface area contributed by atoms with E-state index in [1.165, 1.54) is 0 Å². The molecule has 0 fully saturated rings. The van der Waals surface area contributed by atoms with Gasteiger partial charge in [-0.1, -0.05) is 0 Å². The molecule has 0 aliphatic heterocycles. The average molecular weight is 224 g/mol. The largest absolute Gasteiger partial charge is 0.497 e. The quantitative estimate of drug-likeness (QED) is 0.784. The van der Waals surface area contributed by atoms with Crippen molar-refractivity contribution in [2.75, 3.05) is 7.11 Å². The molecule has 0 radical (unpaired) electrons. The molecular formula is C10H10ClN3O. The van der Waals surface area contributed by atoms with Gasteiger partial charge in [-0.15, -0.1) is 10.2 Å². The molecule has 0 amide bonds. The Morgan fingerprint density at radius 3 is 2.73 bits per heavy atom. The molecule has 1 aromatic heterocycles. The summed E-state index contributed by atoms with van der Waals surface area (Å²) < 4.78 is 6.84.